The molecular formula is C15H19N2O+. The fourth-order valence-electron chi connectivity index (χ4n) is 2.64. The Morgan fingerprint density at radius 2 is 1.83 bits per heavy atom. The SMILES string of the molecule is N#[N+]/C(=C(/O)CC1CCCCC1)c1ccccc1. The monoisotopic (exact) mass is 243 g/mol. The molecule has 1 aromatic rings. The highest BCUT2D eigenvalue weighted by Crippen LogP contribution is 2.31. The normalized spacial score (nSPS) is 17.9. The van der Waals surface area contributed by atoms with Gasteiger partial charge in [0.2, 0.25) is 5.39 Å². The Bertz CT molecular complexity index is 453. The number of diazo groups is 1. The zero-order valence-electron chi connectivity index (χ0n) is 10.5. The summed E-state index contributed by atoms with van der Waals surface area (Å²) >= 11 is 0. The summed E-state index contributed by atoms with van der Waals surface area (Å²) < 4.78 is 0. The molecule has 18 heavy (non-hydrogen) atoms. The molecule has 0 heterocycles. The van der Waals surface area contributed by atoms with Gasteiger partial charge in [0.1, 0.15) is 0 Å². The van der Waals surface area contributed by atoms with Crippen molar-refractivity contribution in [2.75, 3.05) is 0 Å². The molecule has 2 rings (SSSR count). The van der Waals surface area contributed by atoms with Crippen LogP contribution in [0.3, 0.4) is 0 Å². The predicted octanol–water partition coefficient (Wildman–Crippen LogP) is 4.74. The van der Waals surface area contributed by atoms with Gasteiger partial charge in [0, 0.05) is 6.42 Å². The number of aliphatic hydroxyl groups is 1. The first-order valence-electron chi connectivity index (χ1n) is 6.64. The lowest BCUT2D eigenvalue weighted by atomic mass is 9.86. The fraction of sp³-hybridized carbons (Fsp3) is 0.467. The number of allylic oxidation sites excluding steroid dienone is 1. The second-order valence-electron chi connectivity index (χ2n) is 4.97. The molecule has 0 atom stereocenters. The van der Waals surface area contributed by atoms with Crippen LogP contribution in [0.15, 0.2) is 36.1 Å². The van der Waals surface area contributed by atoms with Gasteiger partial charge in [0.05, 0.1) is 5.56 Å². The van der Waals surface area contributed by atoms with Gasteiger partial charge in [0.15, 0.2) is 10.7 Å². The van der Waals surface area contributed by atoms with E-state index >= 15 is 0 Å². The van der Waals surface area contributed by atoms with Gasteiger partial charge >= 0.3 is 5.70 Å². The molecular weight excluding hydrogens is 224 g/mol. The van der Waals surface area contributed by atoms with Crippen LogP contribution in [-0.4, -0.2) is 5.11 Å². The molecule has 1 aromatic carbocycles. The molecule has 0 aromatic heterocycles. The summed E-state index contributed by atoms with van der Waals surface area (Å²) in [5, 5.41) is 19.2. The first-order chi connectivity index (χ1) is 8.81. The van der Waals surface area contributed by atoms with Crippen LogP contribution in [-0.2, 0) is 0 Å². The number of hydrogen-bond donors (Lipinski definition) is 1. The van der Waals surface area contributed by atoms with Crippen molar-refractivity contribution in [3.63, 3.8) is 0 Å². The lowest BCUT2D eigenvalue weighted by molar-refractivity contribution is 0.298. The molecule has 0 radical (unpaired) electrons. The van der Waals surface area contributed by atoms with Crippen molar-refractivity contribution in [1.82, 2.24) is 0 Å². The second-order valence-corrected chi connectivity index (χ2v) is 4.97. The van der Waals surface area contributed by atoms with Gasteiger partial charge in [-0.1, -0.05) is 50.3 Å². The number of hydrogen-bond acceptors (Lipinski definition) is 2. The van der Waals surface area contributed by atoms with Crippen molar-refractivity contribution in [2.45, 2.75) is 38.5 Å². The Hall–Kier alpha value is -1.82. The van der Waals surface area contributed by atoms with E-state index in [0.717, 1.165) is 18.4 Å². The van der Waals surface area contributed by atoms with E-state index in [4.69, 9.17) is 5.39 Å². The van der Waals surface area contributed by atoms with Crippen LogP contribution < -0.4 is 0 Å². The molecule has 1 aliphatic carbocycles. The fourth-order valence-corrected chi connectivity index (χ4v) is 2.64. The molecule has 94 valence electrons. The van der Waals surface area contributed by atoms with Crippen molar-refractivity contribution in [2.24, 2.45) is 5.92 Å². The average molecular weight is 243 g/mol. The molecule has 0 spiro atoms. The summed E-state index contributed by atoms with van der Waals surface area (Å²) in [5.41, 5.74) is 1.06. The molecule has 1 fully saturated rings. The molecule has 0 aliphatic heterocycles. The van der Waals surface area contributed by atoms with Crippen molar-refractivity contribution >= 4 is 5.70 Å². The van der Waals surface area contributed by atoms with Gasteiger partial charge in [-0.2, -0.15) is 0 Å². The predicted molar refractivity (Wildman–Crippen MR) is 72.3 cm³/mol. The first kappa shape index (κ1) is 12.6. The lowest BCUT2D eigenvalue weighted by Gasteiger charge is -2.20. The average Bonchev–Trinajstić information content (AvgIpc) is 2.42. The first-order valence-corrected chi connectivity index (χ1v) is 6.64. The maximum Gasteiger partial charge on any atom is 0.428 e. The van der Waals surface area contributed by atoms with Crippen LogP contribution in [0.1, 0.15) is 44.1 Å². The Kier molecular flexibility index (Phi) is 4.35. The minimum atomic E-state index is 0.204. The number of nitrogens with zero attached hydrogens (tertiary/aromatic N) is 2. The molecule has 0 saturated heterocycles. The zero-order chi connectivity index (χ0) is 12.8. The number of benzene rings is 1. The molecule has 3 nitrogen and oxygen atoms in total. The van der Waals surface area contributed by atoms with Gasteiger partial charge in [0.25, 0.3) is 0 Å². The maximum absolute atomic E-state index is 10.1. The number of aliphatic hydroxyl groups excluding tert-OH is 1. The third-order valence-corrected chi connectivity index (χ3v) is 3.63. The van der Waals surface area contributed by atoms with Gasteiger partial charge < -0.3 is 5.11 Å². The Morgan fingerprint density at radius 3 is 2.44 bits per heavy atom. The van der Waals surface area contributed by atoms with Crippen LogP contribution in [0.25, 0.3) is 10.7 Å². The van der Waals surface area contributed by atoms with E-state index in [1.54, 1.807) is 0 Å². The summed E-state index contributed by atoms with van der Waals surface area (Å²) in [6, 6.07) is 9.32. The molecule has 0 unspecified atom stereocenters. The van der Waals surface area contributed by atoms with Crippen LogP contribution >= 0.6 is 0 Å². The summed E-state index contributed by atoms with van der Waals surface area (Å²) in [6.45, 7) is 0. The van der Waals surface area contributed by atoms with Crippen LogP contribution in [0.5, 0.6) is 0 Å². The minimum absolute atomic E-state index is 0.204. The van der Waals surface area contributed by atoms with Gasteiger partial charge in [-0.25, -0.2) is 0 Å². The highest BCUT2D eigenvalue weighted by atomic mass is 16.3. The number of rotatable bonds is 3. The van der Waals surface area contributed by atoms with Gasteiger partial charge in [-0.05, 0) is 18.1 Å². The third-order valence-electron chi connectivity index (χ3n) is 3.63. The standard InChI is InChI=1S/C15H18N2O/c16-17-15(13-9-5-2-6-10-13)14(18)11-12-7-3-1-4-8-12/h2,5-6,9-10,12H,1,3-4,7-8,11H2/p+1/b15-14+. The van der Waals surface area contributed by atoms with Gasteiger partial charge in [-0.3, -0.25) is 0 Å². The van der Waals surface area contributed by atoms with E-state index in [-0.39, 0.29) is 5.76 Å². The summed E-state index contributed by atoms with van der Waals surface area (Å²) in [4.78, 5) is 3.25. The molecule has 1 saturated carbocycles. The smallest absolute Gasteiger partial charge is 0.428 e. The molecule has 1 N–H and O–H groups in total. The van der Waals surface area contributed by atoms with E-state index in [1.807, 2.05) is 30.3 Å². The molecule has 0 bridgehead atoms. The summed E-state index contributed by atoms with van der Waals surface area (Å²) in [5.74, 6) is 0.731. The highest BCUT2D eigenvalue weighted by molar-refractivity contribution is 5.71. The summed E-state index contributed by atoms with van der Waals surface area (Å²) in [6.07, 6.45) is 6.74. The van der Waals surface area contributed by atoms with E-state index < -0.39 is 0 Å². The molecule has 1 aliphatic rings. The maximum atomic E-state index is 10.1. The van der Waals surface area contributed by atoms with Crippen LogP contribution in [0, 0.1) is 11.3 Å². The minimum Gasteiger partial charge on any atom is -0.505 e. The van der Waals surface area contributed by atoms with Crippen molar-refractivity contribution in [3.05, 3.63) is 46.6 Å². The largest absolute Gasteiger partial charge is 0.505 e. The Balaban J connectivity index is 2.14. The third kappa shape index (κ3) is 3.10. The topological polar surface area (TPSA) is 48.4 Å². The van der Waals surface area contributed by atoms with E-state index in [0.29, 0.717) is 18.0 Å². The van der Waals surface area contributed by atoms with Crippen LogP contribution in [0.2, 0.25) is 0 Å². The molecule has 0 amide bonds. The highest BCUT2D eigenvalue weighted by Gasteiger charge is 2.24. The Labute approximate surface area is 108 Å². The van der Waals surface area contributed by atoms with Crippen molar-refractivity contribution < 1.29 is 5.11 Å². The van der Waals surface area contributed by atoms with Crippen molar-refractivity contribution in [3.8, 4) is 0 Å². The summed E-state index contributed by atoms with van der Waals surface area (Å²) in [7, 11) is 0. The van der Waals surface area contributed by atoms with Crippen LogP contribution in [0.4, 0.5) is 0 Å². The van der Waals surface area contributed by atoms with Gasteiger partial charge in [-0.15, -0.1) is 0 Å². The molecule has 3 heteroatoms. The zero-order valence-corrected chi connectivity index (χ0v) is 10.5. The van der Waals surface area contributed by atoms with Crippen molar-refractivity contribution in [1.29, 1.82) is 5.39 Å². The van der Waals surface area contributed by atoms with E-state index in [9.17, 15) is 5.11 Å². The Morgan fingerprint density at radius 1 is 1.17 bits per heavy atom. The lowest BCUT2D eigenvalue weighted by Crippen LogP contribution is -2.07. The van der Waals surface area contributed by atoms with E-state index in [2.05, 4.69) is 4.98 Å². The second kappa shape index (κ2) is 6.20. The van der Waals surface area contributed by atoms with E-state index in [1.165, 1.54) is 19.3 Å². The quantitative estimate of drug-likeness (QED) is 0.616.